The molecular weight excluding hydrogens is 1530 g/mol. The van der Waals surface area contributed by atoms with Gasteiger partial charge in [0.2, 0.25) is 53.2 Å². The van der Waals surface area contributed by atoms with Gasteiger partial charge >= 0.3 is 5.97 Å². The lowest BCUT2D eigenvalue weighted by atomic mass is 9.47. The van der Waals surface area contributed by atoms with E-state index in [0.29, 0.717) is 125 Å². The first-order valence-electron chi connectivity index (χ1n) is 41.0. The number of rotatable bonds is 39. The van der Waals surface area contributed by atoms with E-state index in [9.17, 15) is 78.9 Å². The largest absolute Gasteiger partial charge is 0.508 e. The van der Waals surface area contributed by atoms with E-state index in [1.165, 1.54) is 38.3 Å². The molecule has 3 aromatic carbocycles. The van der Waals surface area contributed by atoms with Crippen LogP contribution in [0.15, 0.2) is 72.8 Å². The summed E-state index contributed by atoms with van der Waals surface area (Å²) in [7, 11) is 4.70. The number of carbonyl (C=O) groups is 11. The fourth-order valence-corrected chi connectivity index (χ4v) is 19.5. The number of hydrogen-bond acceptors (Lipinski definition) is 24. The molecule has 35 nitrogen and oxygen atoms in total. The van der Waals surface area contributed by atoms with E-state index in [4.69, 9.17) is 20.9 Å². The van der Waals surface area contributed by atoms with Crippen molar-refractivity contribution < 1.29 is 98.0 Å². The smallest absolute Gasteiger partial charge is 0.322 e. The maximum absolute atomic E-state index is 15.9. The number of aromatic amines is 1. The number of carbonyl (C=O) groups excluding carboxylic acids is 11. The molecule has 3 fully saturated rings. The zero-order valence-electron chi connectivity index (χ0n) is 68.3. The third-order valence-electron chi connectivity index (χ3n) is 25.0. The van der Waals surface area contributed by atoms with Crippen molar-refractivity contribution in [2.75, 3.05) is 98.3 Å². The quantitative estimate of drug-likeness (QED) is 0.0128. The van der Waals surface area contributed by atoms with E-state index in [1.54, 1.807) is 14.2 Å². The van der Waals surface area contributed by atoms with Crippen molar-refractivity contribution in [1.29, 1.82) is 0 Å². The van der Waals surface area contributed by atoms with Crippen LogP contribution in [-0.4, -0.2) is 281 Å². The number of nitrogens with one attached hydrogen (secondary N) is 10. The average Bonchev–Trinajstić information content (AvgIpc) is 1.47. The predicted octanol–water partition coefficient (Wildman–Crippen LogP) is -2.21. The lowest BCUT2D eigenvalue weighted by Gasteiger charge is -2.63. The summed E-state index contributed by atoms with van der Waals surface area (Å²) in [6.07, 6.45) is 5.45. The van der Waals surface area contributed by atoms with Gasteiger partial charge in [0.1, 0.15) is 65.3 Å². The van der Waals surface area contributed by atoms with Crippen LogP contribution in [0.1, 0.15) is 146 Å². The number of aromatic hydroxyl groups is 1. The maximum Gasteiger partial charge on any atom is 0.322 e. The Hall–Kier alpha value is -9.85. The molecule has 17 atom stereocenters. The first kappa shape index (κ1) is 90.5. The molecule has 5 aliphatic heterocycles. The molecule has 4 aromatic rings. The third-order valence-corrected chi connectivity index (χ3v) is 25.0. The van der Waals surface area contributed by atoms with Gasteiger partial charge in [-0.2, -0.15) is 0 Å². The summed E-state index contributed by atoms with van der Waals surface area (Å²) in [5.74, 6) is -10.1. The SMILES string of the molecule is CCCC[C@H](NC(=O)[C@H](CO)NC(=O)[C@H](CO)NC(=O)[C@H](CO)NC(=O)[C@H](CCC(N)=O)NC(=O)[C@H](Cc1ccc(O)cc1)NC(=O)[C@H](CCCCN)NC(C)=O)C(=O)NCCCNC(=O)[C@@]1(O)C2N(C)c3c(ccc(OC)c3[C@@]3(C(=O)OC)CC4CN(CCc5c3[nH]c3ccccc53)C[C@](O)(CC)C4)C23CCN2CC=C[C@@](CC)(C23)[C@@H]1O. The summed E-state index contributed by atoms with van der Waals surface area (Å²) in [4.78, 5) is 164. The summed E-state index contributed by atoms with van der Waals surface area (Å²) in [6, 6.07) is 4.47. The molecule has 6 aliphatic rings. The molecule has 2 saturated heterocycles. The van der Waals surface area contributed by atoms with Crippen molar-refractivity contribution in [3.8, 4) is 11.5 Å². The summed E-state index contributed by atoms with van der Waals surface area (Å²) in [5, 5.41) is 104. The Bertz CT molecular complexity index is 4360. The molecule has 21 N–H and O–H groups in total. The molecule has 2 bridgehead atoms. The first-order valence-corrected chi connectivity index (χ1v) is 41.0. The van der Waals surface area contributed by atoms with Gasteiger partial charge in [-0.3, -0.25) is 62.5 Å². The van der Waals surface area contributed by atoms with E-state index in [2.05, 4.69) is 62.6 Å². The van der Waals surface area contributed by atoms with E-state index >= 15 is 9.59 Å². The van der Waals surface area contributed by atoms with Gasteiger partial charge in [0.05, 0.1) is 45.7 Å². The summed E-state index contributed by atoms with van der Waals surface area (Å²) in [6.45, 7) is 6.33. The second-order valence-electron chi connectivity index (χ2n) is 32.5. The molecule has 0 radical (unpaired) electrons. The molecule has 10 amide bonds. The molecule has 1 saturated carbocycles. The van der Waals surface area contributed by atoms with Crippen molar-refractivity contribution in [3.63, 3.8) is 0 Å². The normalized spacial score (nSPS) is 25.9. The number of amides is 10. The number of aliphatic hydroxyl groups is 6. The summed E-state index contributed by atoms with van der Waals surface area (Å²) < 4.78 is 12.5. The van der Waals surface area contributed by atoms with Crippen molar-refractivity contribution in [1.82, 2.24) is 62.6 Å². The lowest BCUT2D eigenvalue weighted by Crippen LogP contribution is -2.81. The van der Waals surface area contributed by atoms with Crippen LogP contribution in [0.2, 0.25) is 0 Å². The number of ether oxygens (including phenoxy) is 2. The second-order valence-corrected chi connectivity index (χ2v) is 32.5. The predicted molar refractivity (Wildman–Crippen MR) is 433 cm³/mol. The number of anilines is 1. The third kappa shape index (κ3) is 18.3. The minimum atomic E-state index is -2.59. The van der Waals surface area contributed by atoms with E-state index < -0.39 is 186 Å². The van der Waals surface area contributed by atoms with Crippen LogP contribution in [0, 0.1) is 11.3 Å². The minimum absolute atomic E-state index is 0.0576. The Morgan fingerprint density at radius 1 is 0.669 bits per heavy atom. The number of phenols is 1. The van der Waals surface area contributed by atoms with Gasteiger partial charge in [-0.25, -0.2) is 0 Å². The van der Waals surface area contributed by atoms with Crippen molar-refractivity contribution in [2.45, 2.75) is 213 Å². The maximum atomic E-state index is 15.9. The molecule has 1 aromatic heterocycles. The number of methoxy groups -OCH3 is 2. The highest BCUT2D eigenvalue weighted by Gasteiger charge is 2.79. The number of unbranched alkanes of at least 4 members (excludes halogenated alkanes) is 2. The zero-order valence-corrected chi connectivity index (χ0v) is 68.3. The summed E-state index contributed by atoms with van der Waals surface area (Å²) in [5.41, 5.74) is 7.97. The number of hydrogen-bond donors (Lipinski definition) is 19. The number of esters is 1. The van der Waals surface area contributed by atoms with E-state index in [-0.39, 0.29) is 56.9 Å². The summed E-state index contributed by atoms with van der Waals surface area (Å²) >= 11 is 0. The average molecular weight is 1650 g/mol. The first-order chi connectivity index (χ1) is 56.4. The fourth-order valence-electron chi connectivity index (χ4n) is 19.5. The number of phenolic OH excluding ortho intramolecular Hbond substituents is 1. The molecular formula is C83H119N15O20. The highest BCUT2D eigenvalue weighted by molar-refractivity contribution is 6.00. The van der Waals surface area contributed by atoms with Gasteiger partial charge in [-0.1, -0.05) is 82.2 Å². The highest BCUT2D eigenvalue weighted by atomic mass is 16.5. The van der Waals surface area contributed by atoms with Gasteiger partial charge in [0, 0.05) is 111 Å². The molecule has 118 heavy (non-hydrogen) atoms. The Morgan fingerprint density at radius 2 is 1.26 bits per heavy atom. The van der Waals surface area contributed by atoms with Gasteiger partial charge in [0.25, 0.3) is 5.91 Å². The molecule has 1 aliphatic carbocycles. The fraction of sp³-hybridized carbons (Fsp3) is 0.602. The Balaban J connectivity index is 0.817. The number of para-hydroxylation sites is 1. The number of fused-ring (bicyclic) bond motifs is 6. The van der Waals surface area contributed by atoms with Crippen LogP contribution in [0.3, 0.4) is 0 Å². The van der Waals surface area contributed by atoms with Crippen LogP contribution in [-0.2, 0) is 81.1 Å². The minimum Gasteiger partial charge on any atom is -0.508 e. The Morgan fingerprint density at radius 3 is 1.86 bits per heavy atom. The van der Waals surface area contributed by atoms with Gasteiger partial charge in [-0.15, -0.1) is 0 Å². The van der Waals surface area contributed by atoms with Crippen LogP contribution >= 0.6 is 0 Å². The number of primary amides is 1. The molecule has 10 rings (SSSR count). The standard InChI is InChI=1S/C83H119N15O20/c1-8-11-19-55(90-71(109)59(43-99)94-73(111)61(45-101)95-72(110)60(44-100)93-69(107)57(27-29-63(85)104)91-70(108)58(39-48-22-24-50(103)25-23-48)92-68(106)56(88-47(4)102)21-14-15-33-84)67(105)86-34-17-35-87-77(113)83(116)75-81(32-38-98-36-16-31-80(10-3,74(81)98)76(83)112)53-26-28-62(117-6)64(65(53)96(75)5)82(78(114)118-7)41-49-40-79(115,9-2)46-97(42-49)37-30-52-51-18-12-13-20-54(51)89-66(52)82/h12-13,16,18,20,22-26,28,31,49,55-61,74-76,89,99-101,103,112,115-116H,8-11,14-15,17,19,21,27,29-30,32-46,84H2,1-7H3,(H2,85,104)(H,86,105)(H,87,113)(H,88,102)(H,90,109)(H,91,108)(H,92,106)(H,93,107)(H,94,111)(H,95,110)/t49?,55-,56-,57-,58-,59-,60-,61-,74?,75?,76-,79-,80-,81?,82-,83+/m0/s1. The monoisotopic (exact) mass is 1650 g/mol. The number of benzene rings is 3. The topological polar surface area (TPSA) is 534 Å². The molecule has 5 unspecified atom stereocenters. The number of aromatic nitrogens is 1. The molecule has 6 heterocycles. The van der Waals surface area contributed by atoms with Gasteiger partial charge in [-0.05, 0) is 137 Å². The number of H-pyrrole nitrogens is 1. The molecule has 646 valence electrons. The number of likely N-dealkylation sites (N-methyl/N-ethyl adjacent to an activating group) is 1. The Labute approximate surface area is 685 Å². The second kappa shape index (κ2) is 38.9. The van der Waals surface area contributed by atoms with E-state index in [1.807, 2.05) is 74.2 Å². The van der Waals surface area contributed by atoms with E-state index in [0.717, 1.165) is 22.0 Å². The van der Waals surface area contributed by atoms with Crippen LogP contribution in [0.4, 0.5) is 5.69 Å². The van der Waals surface area contributed by atoms with Crippen LogP contribution in [0.5, 0.6) is 11.5 Å². The van der Waals surface area contributed by atoms with Crippen molar-refractivity contribution >= 4 is 81.6 Å². The van der Waals surface area contributed by atoms with Gasteiger partial charge < -0.3 is 114 Å². The number of nitrogens with two attached hydrogens (primary N) is 2. The molecule has 1 spiro atoms. The molecule has 35 heteroatoms. The Kier molecular flexibility index (Phi) is 29.8. The van der Waals surface area contributed by atoms with Crippen molar-refractivity contribution in [2.24, 2.45) is 22.8 Å². The number of aliphatic hydroxyl groups excluding tert-OH is 4. The lowest BCUT2D eigenvalue weighted by molar-refractivity contribution is -0.203. The van der Waals surface area contributed by atoms with Crippen LogP contribution < -0.4 is 69.0 Å². The number of nitrogens with zero attached hydrogens (tertiary/aromatic N) is 3. The van der Waals surface area contributed by atoms with Crippen molar-refractivity contribution in [3.05, 3.63) is 101 Å². The number of piperidine rings is 1. The van der Waals surface area contributed by atoms with Crippen LogP contribution in [0.25, 0.3) is 10.9 Å². The zero-order chi connectivity index (χ0) is 85.8. The highest BCUT2D eigenvalue weighted by Crippen LogP contribution is 2.69. The van der Waals surface area contributed by atoms with Gasteiger partial charge in [0.15, 0.2) is 5.60 Å².